The van der Waals surface area contributed by atoms with Gasteiger partial charge in [-0.25, -0.2) is 18.7 Å². The molecular formula is C21H10Cl3F2N3O3S. The molecule has 1 N–H and O–H groups in total. The number of pyridine rings is 1. The largest absolute Gasteiger partial charge is 0.483 e. The molecule has 0 fully saturated rings. The summed E-state index contributed by atoms with van der Waals surface area (Å²) < 4.78 is 35.5. The molecule has 0 atom stereocenters. The van der Waals surface area contributed by atoms with Crippen LogP contribution in [0, 0.1) is 11.6 Å². The molecule has 4 rings (SSSR count). The molecule has 0 unspecified atom stereocenters. The monoisotopic (exact) mass is 527 g/mol. The number of halogens is 5. The Morgan fingerprint density at radius 2 is 1.79 bits per heavy atom. The van der Waals surface area contributed by atoms with Gasteiger partial charge in [-0.05, 0) is 36.4 Å². The SMILES string of the molecule is O=C(NC(=O)c1c(F)ccc(OCc2nc3cc(Cl)ccc3s2)c1F)c1c(Cl)ccnc1Cl. The molecule has 6 nitrogen and oxygen atoms in total. The van der Waals surface area contributed by atoms with Crippen LogP contribution in [-0.2, 0) is 6.61 Å². The van der Waals surface area contributed by atoms with Crippen LogP contribution >= 0.6 is 46.1 Å². The minimum Gasteiger partial charge on any atom is -0.483 e. The maximum Gasteiger partial charge on any atom is 0.264 e. The van der Waals surface area contributed by atoms with Crippen LogP contribution in [0.5, 0.6) is 5.75 Å². The first kappa shape index (κ1) is 23.3. The minimum absolute atomic E-state index is 0.0875. The Morgan fingerprint density at radius 1 is 1.03 bits per heavy atom. The zero-order valence-corrected chi connectivity index (χ0v) is 19.3. The van der Waals surface area contributed by atoms with E-state index in [2.05, 4.69) is 9.97 Å². The highest BCUT2D eigenvalue weighted by Gasteiger charge is 2.25. The molecule has 0 radical (unpaired) electrons. The standard InChI is InChI=1S/C21H10Cl3F2N3O3S/c22-9-1-4-14-12(7-9)28-15(33-14)8-32-13-3-2-11(25)17(18(13)26)21(31)29-20(30)16-10(23)5-6-27-19(16)24/h1-7H,8H2,(H,29,30,31). The number of imide groups is 1. The number of aromatic nitrogens is 2. The van der Waals surface area contributed by atoms with E-state index in [1.165, 1.54) is 23.6 Å². The summed E-state index contributed by atoms with van der Waals surface area (Å²) in [5, 5.41) is 2.52. The lowest BCUT2D eigenvalue weighted by Crippen LogP contribution is -2.32. The molecule has 0 saturated carbocycles. The van der Waals surface area contributed by atoms with Crippen molar-refractivity contribution < 1.29 is 23.1 Å². The molecule has 0 aliphatic rings. The van der Waals surface area contributed by atoms with Gasteiger partial charge in [0.2, 0.25) is 0 Å². The van der Waals surface area contributed by atoms with Crippen LogP contribution in [0.4, 0.5) is 8.78 Å². The molecule has 12 heteroatoms. The number of benzene rings is 2. The zero-order chi connectivity index (χ0) is 23.7. The average Bonchev–Trinajstić information content (AvgIpc) is 3.15. The van der Waals surface area contributed by atoms with E-state index in [0.29, 0.717) is 15.5 Å². The smallest absolute Gasteiger partial charge is 0.264 e. The number of fused-ring (bicyclic) bond motifs is 1. The lowest BCUT2D eigenvalue weighted by Gasteiger charge is -2.11. The van der Waals surface area contributed by atoms with Crippen molar-refractivity contribution in [2.24, 2.45) is 0 Å². The number of hydrogen-bond donors (Lipinski definition) is 1. The third-order valence-corrected chi connectivity index (χ3v) is 6.18. The lowest BCUT2D eigenvalue weighted by molar-refractivity contribution is 0.0844. The summed E-state index contributed by atoms with van der Waals surface area (Å²) in [7, 11) is 0. The first-order chi connectivity index (χ1) is 15.7. The molecule has 0 aliphatic carbocycles. The van der Waals surface area contributed by atoms with Gasteiger partial charge in [-0.1, -0.05) is 34.8 Å². The van der Waals surface area contributed by atoms with Gasteiger partial charge in [0.05, 0.1) is 20.8 Å². The van der Waals surface area contributed by atoms with Crippen molar-refractivity contribution in [2.45, 2.75) is 6.61 Å². The second-order valence-corrected chi connectivity index (χ2v) is 8.80. The van der Waals surface area contributed by atoms with E-state index in [1.54, 1.807) is 18.2 Å². The number of rotatable bonds is 5. The fourth-order valence-electron chi connectivity index (χ4n) is 2.85. The number of nitrogens with one attached hydrogen (secondary N) is 1. The molecule has 33 heavy (non-hydrogen) atoms. The Hall–Kier alpha value is -2.85. The number of carbonyl (C=O) groups excluding carboxylic acids is 2. The number of thiazole rings is 1. The van der Waals surface area contributed by atoms with Crippen LogP contribution in [0.15, 0.2) is 42.6 Å². The van der Waals surface area contributed by atoms with E-state index in [1.807, 2.05) is 5.32 Å². The average molecular weight is 529 g/mol. The van der Waals surface area contributed by atoms with Gasteiger partial charge in [0, 0.05) is 11.2 Å². The number of ether oxygens (including phenoxy) is 1. The van der Waals surface area contributed by atoms with Crippen molar-refractivity contribution in [3.05, 3.63) is 85.6 Å². The zero-order valence-electron chi connectivity index (χ0n) is 16.2. The highest BCUT2D eigenvalue weighted by molar-refractivity contribution is 7.18. The first-order valence-corrected chi connectivity index (χ1v) is 11.0. The Kier molecular flexibility index (Phi) is 6.76. The summed E-state index contributed by atoms with van der Waals surface area (Å²) in [5.41, 5.74) is -0.664. The van der Waals surface area contributed by atoms with Gasteiger partial charge >= 0.3 is 0 Å². The van der Waals surface area contributed by atoms with E-state index in [-0.39, 0.29) is 22.3 Å². The van der Waals surface area contributed by atoms with Crippen LogP contribution in [-0.4, -0.2) is 21.8 Å². The maximum absolute atomic E-state index is 14.9. The van der Waals surface area contributed by atoms with Crippen molar-refractivity contribution in [1.82, 2.24) is 15.3 Å². The van der Waals surface area contributed by atoms with Crippen LogP contribution in [0.2, 0.25) is 15.2 Å². The molecule has 2 amide bonds. The molecule has 2 aromatic heterocycles. The van der Waals surface area contributed by atoms with Crippen LogP contribution in [0.3, 0.4) is 0 Å². The van der Waals surface area contributed by atoms with Crippen molar-refractivity contribution in [3.8, 4) is 5.75 Å². The van der Waals surface area contributed by atoms with Crippen LogP contribution in [0.25, 0.3) is 10.2 Å². The second kappa shape index (κ2) is 9.56. The van der Waals surface area contributed by atoms with Crippen molar-refractivity contribution in [2.75, 3.05) is 0 Å². The number of hydrogen-bond acceptors (Lipinski definition) is 6. The van der Waals surface area contributed by atoms with E-state index in [0.717, 1.165) is 16.8 Å². The highest BCUT2D eigenvalue weighted by Crippen LogP contribution is 2.28. The molecule has 2 aromatic carbocycles. The highest BCUT2D eigenvalue weighted by atomic mass is 35.5. The summed E-state index contributed by atoms with van der Waals surface area (Å²) in [6, 6.07) is 8.33. The normalized spacial score (nSPS) is 10.9. The fraction of sp³-hybridized carbons (Fsp3) is 0.0476. The van der Waals surface area contributed by atoms with Gasteiger partial charge in [-0.15, -0.1) is 11.3 Å². The Balaban J connectivity index is 1.54. The summed E-state index contributed by atoms with van der Waals surface area (Å²) in [4.78, 5) is 32.9. The molecule has 0 saturated heterocycles. The Labute approximate surface area is 204 Å². The summed E-state index contributed by atoms with van der Waals surface area (Å²) in [6.07, 6.45) is 1.25. The Bertz CT molecular complexity index is 1390. The molecule has 0 aliphatic heterocycles. The number of nitrogens with zero attached hydrogens (tertiary/aromatic N) is 2. The van der Waals surface area contributed by atoms with Crippen molar-refractivity contribution in [1.29, 1.82) is 0 Å². The van der Waals surface area contributed by atoms with Gasteiger partial charge < -0.3 is 4.74 Å². The van der Waals surface area contributed by atoms with Crippen LogP contribution < -0.4 is 10.1 Å². The van der Waals surface area contributed by atoms with Gasteiger partial charge in [0.25, 0.3) is 11.8 Å². The third-order valence-electron chi connectivity index (χ3n) is 4.34. The first-order valence-electron chi connectivity index (χ1n) is 9.06. The minimum atomic E-state index is -1.34. The van der Waals surface area contributed by atoms with Crippen molar-refractivity contribution >= 4 is 68.2 Å². The quantitative estimate of drug-likeness (QED) is 0.251. The van der Waals surface area contributed by atoms with Gasteiger partial charge in [-0.2, -0.15) is 0 Å². The molecule has 4 aromatic rings. The molecule has 2 heterocycles. The number of amides is 2. The van der Waals surface area contributed by atoms with Gasteiger partial charge in [0.1, 0.15) is 28.1 Å². The molecule has 0 spiro atoms. The van der Waals surface area contributed by atoms with Crippen LogP contribution in [0.1, 0.15) is 25.7 Å². The lowest BCUT2D eigenvalue weighted by atomic mass is 10.1. The van der Waals surface area contributed by atoms with E-state index < -0.39 is 34.8 Å². The fourth-order valence-corrected chi connectivity index (χ4v) is 4.40. The third kappa shape index (κ3) is 4.91. The predicted octanol–water partition coefficient (Wildman–Crippen LogP) is 6.08. The summed E-state index contributed by atoms with van der Waals surface area (Å²) in [6.45, 7) is -0.138. The molecular weight excluding hydrogens is 519 g/mol. The maximum atomic E-state index is 14.9. The van der Waals surface area contributed by atoms with Gasteiger partial charge in [0.15, 0.2) is 11.6 Å². The predicted molar refractivity (Wildman–Crippen MR) is 121 cm³/mol. The Morgan fingerprint density at radius 3 is 2.55 bits per heavy atom. The topological polar surface area (TPSA) is 81.2 Å². The van der Waals surface area contributed by atoms with E-state index in [4.69, 9.17) is 39.5 Å². The van der Waals surface area contributed by atoms with E-state index >= 15 is 0 Å². The summed E-state index contributed by atoms with van der Waals surface area (Å²) in [5.74, 6) is -5.29. The summed E-state index contributed by atoms with van der Waals surface area (Å²) >= 11 is 19.0. The molecule has 0 bridgehead atoms. The van der Waals surface area contributed by atoms with Gasteiger partial charge in [-0.3, -0.25) is 14.9 Å². The molecule has 168 valence electrons. The van der Waals surface area contributed by atoms with Crippen molar-refractivity contribution in [3.63, 3.8) is 0 Å². The van der Waals surface area contributed by atoms with E-state index in [9.17, 15) is 18.4 Å². The number of carbonyl (C=O) groups is 2. The second-order valence-electron chi connectivity index (χ2n) is 6.48.